The second-order valence-electron chi connectivity index (χ2n) is 0.558. The summed E-state index contributed by atoms with van der Waals surface area (Å²) in [6.07, 6.45) is 0. The average molecular weight is 91.8 g/mol. The minimum Gasteiger partial charge on any atom is -0.115 e. The largest absolute Gasteiger partial charge is 0.115 e. The van der Waals surface area contributed by atoms with E-state index in [1.165, 1.54) is 6.06 Å². The lowest BCUT2D eigenvalue weighted by atomic mass is 10.2. The molecule has 0 N–H and O–H groups in total. The monoisotopic (exact) mass is 92.0 g/mol. The first-order chi connectivity index (χ1) is 1.91. The van der Waals surface area contributed by atoms with Gasteiger partial charge in [-0.05, 0) is 0 Å². The molecule has 4 heavy (non-hydrogen) atoms. The van der Waals surface area contributed by atoms with E-state index < -0.39 is 0 Å². The number of hydrogen-bond donors (Lipinski definition) is 0. The molecule has 0 aliphatic carbocycles. The second kappa shape index (κ2) is 3.92. The maximum absolute atomic E-state index is 2.68. The molecule has 0 saturated carbocycles. The third-order valence-corrected chi connectivity index (χ3v) is 1.84. The fraction of sp³-hybridized carbons (Fsp3) is 1.00. The summed E-state index contributed by atoms with van der Waals surface area (Å²) in [4.78, 5) is 0. The van der Waals surface area contributed by atoms with Crippen LogP contribution in [0.5, 0.6) is 0 Å². The molecule has 0 aromatic rings. The molecule has 0 bridgehead atoms. The molecule has 0 saturated heterocycles. The van der Waals surface area contributed by atoms with Crippen molar-refractivity contribution >= 4 is 25.0 Å². The topological polar surface area (TPSA) is 0 Å². The van der Waals surface area contributed by atoms with Gasteiger partial charge in [-0.2, -0.15) is 0 Å². The van der Waals surface area contributed by atoms with Crippen molar-refractivity contribution in [2.45, 2.75) is 0 Å². The van der Waals surface area contributed by atoms with E-state index in [0.29, 0.717) is 0 Å². The van der Waals surface area contributed by atoms with Gasteiger partial charge in [-0.1, -0.05) is 6.06 Å². The fourth-order valence-corrected chi connectivity index (χ4v) is 0. The zero-order valence-corrected chi connectivity index (χ0v) is 4.94. The van der Waals surface area contributed by atoms with Crippen LogP contribution in [0.2, 0.25) is 0 Å². The lowest BCUT2D eigenvalue weighted by Crippen LogP contribution is -1.55. The van der Waals surface area contributed by atoms with Crippen LogP contribution < -0.4 is 0 Å². The van der Waals surface area contributed by atoms with E-state index in [1.54, 1.807) is 0 Å². The van der Waals surface area contributed by atoms with Crippen molar-refractivity contribution in [1.29, 1.82) is 0 Å². The molecule has 0 aromatic heterocycles. The summed E-state index contributed by atoms with van der Waals surface area (Å²) in [7, 11) is 5.91. The first kappa shape index (κ1) is 4.92. The zero-order valence-electron chi connectivity index (χ0n) is 2.78. The quantitative estimate of drug-likeness (QED) is 0.316. The van der Waals surface area contributed by atoms with Crippen LogP contribution in [0.15, 0.2) is 0 Å². The third-order valence-electron chi connectivity index (χ3n) is 0.204. The standard InChI is InChI=1S/CH7BP2/c2-1-4-3/h4H,1-3H2. The smallest absolute Gasteiger partial charge is 0.106 e. The Labute approximate surface area is 32.0 Å². The summed E-state index contributed by atoms with van der Waals surface area (Å²) in [6.45, 7) is 0. The molecule has 24 valence electrons. The normalized spacial score (nSPS) is 10.2. The third kappa shape index (κ3) is 2.92. The van der Waals surface area contributed by atoms with Crippen molar-refractivity contribution in [1.82, 2.24) is 0 Å². The molecule has 0 aromatic carbocycles. The van der Waals surface area contributed by atoms with Crippen LogP contribution in [0.25, 0.3) is 0 Å². The van der Waals surface area contributed by atoms with Crippen LogP contribution in [0.4, 0.5) is 0 Å². The van der Waals surface area contributed by atoms with Gasteiger partial charge in [-0.15, -0.1) is 17.2 Å². The molecule has 3 heteroatoms. The molecule has 0 radical (unpaired) electrons. The van der Waals surface area contributed by atoms with E-state index in [-0.39, 0.29) is 0 Å². The Hall–Kier alpha value is 0.925. The second-order valence-corrected chi connectivity index (χ2v) is 2.90. The molecule has 0 nitrogen and oxygen atoms in total. The predicted molar refractivity (Wildman–Crippen MR) is 31.4 cm³/mol. The Morgan fingerprint density at radius 1 is 2.00 bits per heavy atom. The summed E-state index contributed by atoms with van der Waals surface area (Å²) in [5.41, 5.74) is 0. The summed E-state index contributed by atoms with van der Waals surface area (Å²) in [5.74, 6) is 0. The van der Waals surface area contributed by atoms with Crippen LogP contribution in [0.3, 0.4) is 0 Å². The Bertz CT molecular complexity index is 8.00. The van der Waals surface area contributed by atoms with Crippen LogP contribution in [-0.4, -0.2) is 13.9 Å². The van der Waals surface area contributed by atoms with Gasteiger partial charge < -0.3 is 0 Å². The van der Waals surface area contributed by atoms with Gasteiger partial charge in [0.05, 0.1) is 0 Å². The molecule has 0 amide bonds. The Kier molecular flexibility index (Phi) is 4.83. The van der Waals surface area contributed by atoms with E-state index in [0.717, 1.165) is 8.27 Å². The molecule has 0 heterocycles. The van der Waals surface area contributed by atoms with Gasteiger partial charge in [-0.25, -0.2) is 0 Å². The van der Waals surface area contributed by atoms with Gasteiger partial charge in [0.15, 0.2) is 0 Å². The van der Waals surface area contributed by atoms with E-state index >= 15 is 0 Å². The molecular formula is CH7BP2. The highest BCUT2D eigenvalue weighted by Crippen LogP contribution is 2.15. The van der Waals surface area contributed by atoms with Crippen LogP contribution in [-0.2, 0) is 0 Å². The van der Waals surface area contributed by atoms with Crippen molar-refractivity contribution < 1.29 is 0 Å². The van der Waals surface area contributed by atoms with Gasteiger partial charge in [0.25, 0.3) is 0 Å². The Balaban J connectivity index is 1.97. The van der Waals surface area contributed by atoms with Crippen molar-refractivity contribution in [3.63, 3.8) is 0 Å². The summed E-state index contributed by atoms with van der Waals surface area (Å²) >= 11 is 0. The van der Waals surface area contributed by atoms with Crippen LogP contribution in [0, 0.1) is 0 Å². The minimum atomic E-state index is 1.06. The molecule has 2 atom stereocenters. The van der Waals surface area contributed by atoms with Gasteiger partial charge in [0.1, 0.15) is 7.85 Å². The maximum Gasteiger partial charge on any atom is 0.106 e. The molecule has 0 aliphatic rings. The summed E-state index contributed by atoms with van der Waals surface area (Å²) in [5, 5.41) is 0. The molecule has 0 spiro atoms. The lowest BCUT2D eigenvalue weighted by Gasteiger charge is -1.68. The predicted octanol–water partition coefficient (Wildman–Crippen LogP) is 0.0456. The molecular weight excluding hydrogens is 84.8 g/mol. The van der Waals surface area contributed by atoms with E-state index in [2.05, 4.69) is 16.8 Å². The van der Waals surface area contributed by atoms with Crippen molar-refractivity contribution in [3.05, 3.63) is 0 Å². The molecule has 0 aliphatic heterocycles. The Morgan fingerprint density at radius 2 is 2.25 bits per heavy atom. The van der Waals surface area contributed by atoms with Crippen molar-refractivity contribution in [3.8, 4) is 0 Å². The zero-order chi connectivity index (χ0) is 3.41. The van der Waals surface area contributed by atoms with Gasteiger partial charge >= 0.3 is 0 Å². The van der Waals surface area contributed by atoms with Crippen LogP contribution >= 0.6 is 17.2 Å². The first-order valence-electron chi connectivity index (χ1n) is 1.35. The number of rotatable bonds is 1. The van der Waals surface area contributed by atoms with Crippen LogP contribution in [0.1, 0.15) is 0 Å². The Morgan fingerprint density at radius 3 is 2.25 bits per heavy atom. The molecule has 0 rings (SSSR count). The fourth-order valence-electron chi connectivity index (χ4n) is 0. The maximum atomic E-state index is 2.68. The SMILES string of the molecule is BCPP. The van der Waals surface area contributed by atoms with E-state index in [1.807, 2.05) is 0 Å². The summed E-state index contributed by atoms with van der Waals surface area (Å²) in [6, 6.07) is 1.31. The van der Waals surface area contributed by atoms with Crippen molar-refractivity contribution in [2.24, 2.45) is 0 Å². The van der Waals surface area contributed by atoms with Gasteiger partial charge in [0, 0.05) is 0 Å². The molecule has 0 fully saturated rings. The average Bonchev–Trinajstić information content (AvgIpc) is 1.37. The van der Waals surface area contributed by atoms with Gasteiger partial charge in [0.2, 0.25) is 0 Å². The summed E-state index contributed by atoms with van der Waals surface area (Å²) < 4.78 is 0. The highest BCUT2D eigenvalue weighted by atomic mass is 32.0. The first-order valence-corrected chi connectivity index (χ1v) is 4.37. The van der Waals surface area contributed by atoms with Gasteiger partial charge in [-0.3, -0.25) is 0 Å². The van der Waals surface area contributed by atoms with E-state index in [9.17, 15) is 0 Å². The molecule has 2 unspecified atom stereocenters. The highest BCUT2D eigenvalue weighted by molar-refractivity contribution is 8.03. The van der Waals surface area contributed by atoms with E-state index in [4.69, 9.17) is 0 Å². The van der Waals surface area contributed by atoms with Crippen molar-refractivity contribution in [2.75, 3.05) is 6.06 Å². The minimum absolute atomic E-state index is 1.06. The lowest BCUT2D eigenvalue weighted by molar-refractivity contribution is 2.24. The highest BCUT2D eigenvalue weighted by Gasteiger charge is 1.56. The number of hydrogen-bond acceptors (Lipinski definition) is 0.